The molecular weight excluding hydrogens is 206 g/mol. The molecule has 15 heavy (non-hydrogen) atoms. The molecule has 1 aromatic carbocycles. The number of hydrogen-bond acceptors (Lipinski definition) is 3. The summed E-state index contributed by atoms with van der Waals surface area (Å²) in [5.74, 6) is 0.712. The minimum atomic E-state index is 0.143. The van der Waals surface area contributed by atoms with Gasteiger partial charge in [0.05, 0.1) is 0 Å². The van der Waals surface area contributed by atoms with Crippen molar-refractivity contribution in [3.05, 3.63) is 35.4 Å². The molecule has 0 unspecified atom stereocenters. The van der Waals surface area contributed by atoms with Gasteiger partial charge in [-0.05, 0) is 24.1 Å². The number of anilines is 1. The van der Waals surface area contributed by atoms with Gasteiger partial charge in [-0.25, -0.2) is 0 Å². The van der Waals surface area contributed by atoms with Crippen molar-refractivity contribution in [3.8, 4) is 0 Å². The molecule has 2 nitrogen and oxygen atoms in total. The second-order valence-electron chi connectivity index (χ2n) is 3.27. The van der Waals surface area contributed by atoms with Crippen LogP contribution in [0.25, 0.3) is 6.08 Å². The molecule has 1 rings (SSSR count). The van der Waals surface area contributed by atoms with E-state index in [0.717, 1.165) is 16.8 Å². The molecule has 0 aliphatic carbocycles. The Bertz CT molecular complexity index is 385. The van der Waals surface area contributed by atoms with Crippen molar-refractivity contribution in [2.45, 2.75) is 13.8 Å². The van der Waals surface area contributed by atoms with E-state index in [1.165, 1.54) is 11.8 Å². The molecule has 0 aliphatic rings. The molecule has 2 N–H and O–H groups in total. The summed E-state index contributed by atoms with van der Waals surface area (Å²) in [4.78, 5) is 10.7. The number of thioether (sulfide) groups is 1. The first kappa shape index (κ1) is 11.9. The monoisotopic (exact) mass is 221 g/mol. The van der Waals surface area contributed by atoms with Crippen LogP contribution in [0.4, 0.5) is 5.69 Å². The van der Waals surface area contributed by atoms with E-state index < -0.39 is 0 Å². The predicted octanol–water partition coefficient (Wildman–Crippen LogP) is 2.87. The Morgan fingerprint density at radius 3 is 2.93 bits per heavy atom. The minimum absolute atomic E-state index is 0.143. The van der Waals surface area contributed by atoms with E-state index in [1.54, 1.807) is 6.92 Å². The average Bonchev–Trinajstić information content (AvgIpc) is 2.18. The average molecular weight is 221 g/mol. The third-order valence-corrected chi connectivity index (χ3v) is 2.86. The van der Waals surface area contributed by atoms with Crippen molar-refractivity contribution >= 4 is 28.6 Å². The summed E-state index contributed by atoms with van der Waals surface area (Å²) in [7, 11) is 0. The van der Waals surface area contributed by atoms with Gasteiger partial charge in [0.1, 0.15) is 0 Å². The number of rotatable bonds is 3. The highest BCUT2D eigenvalue weighted by Crippen LogP contribution is 2.17. The zero-order valence-corrected chi connectivity index (χ0v) is 9.80. The van der Waals surface area contributed by atoms with Gasteiger partial charge >= 0.3 is 0 Å². The molecule has 3 heteroatoms. The van der Waals surface area contributed by atoms with Gasteiger partial charge in [0, 0.05) is 18.4 Å². The lowest BCUT2D eigenvalue weighted by atomic mass is 10.1. The zero-order valence-electron chi connectivity index (χ0n) is 8.99. The summed E-state index contributed by atoms with van der Waals surface area (Å²) in [6, 6.07) is 5.83. The van der Waals surface area contributed by atoms with Crippen LogP contribution in [0.1, 0.15) is 18.1 Å². The Morgan fingerprint density at radius 2 is 2.27 bits per heavy atom. The van der Waals surface area contributed by atoms with E-state index in [9.17, 15) is 4.79 Å². The predicted molar refractivity (Wildman–Crippen MR) is 67.8 cm³/mol. The van der Waals surface area contributed by atoms with Crippen LogP contribution in [0, 0.1) is 6.92 Å². The van der Waals surface area contributed by atoms with Crippen LogP contribution >= 0.6 is 11.8 Å². The number of nitrogen functional groups attached to an aromatic ring is 1. The minimum Gasteiger partial charge on any atom is -0.398 e. The largest absolute Gasteiger partial charge is 0.398 e. The molecule has 0 radical (unpaired) electrons. The molecule has 1 aromatic rings. The number of carbonyl (C=O) groups excluding carboxylic acids is 1. The zero-order chi connectivity index (χ0) is 11.3. The summed E-state index contributed by atoms with van der Waals surface area (Å²) >= 11 is 1.30. The molecule has 0 atom stereocenters. The highest BCUT2D eigenvalue weighted by atomic mass is 32.2. The van der Waals surface area contributed by atoms with Crippen LogP contribution in [0.15, 0.2) is 24.3 Å². The molecule has 0 saturated heterocycles. The summed E-state index contributed by atoms with van der Waals surface area (Å²) in [5, 5.41) is 0.143. The van der Waals surface area contributed by atoms with Crippen molar-refractivity contribution < 1.29 is 4.79 Å². The van der Waals surface area contributed by atoms with Gasteiger partial charge in [-0.3, -0.25) is 4.79 Å². The van der Waals surface area contributed by atoms with Gasteiger partial charge in [0.2, 0.25) is 0 Å². The Hall–Kier alpha value is -1.22. The van der Waals surface area contributed by atoms with Gasteiger partial charge in [0.25, 0.3) is 0 Å². The normalized spacial score (nSPS) is 10.8. The molecule has 0 saturated carbocycles. The van der Waals surface area contributed by atoms with Crippen molar-refractivity contribution in [1.29, 1.82) is 0 Å². The van der Waals surface area contributed by atoms with Crippen LogP contribution in [0.3, 0.4) is 0 Å². The standard InChI is InChI=1S/C12H15NOS/c1-9-11(5-3-7-12(9)13)6-4-8-15-10(2)14/h3-7H,8,13H2,1-2H3. The molecular formula is C12H15NOS. The van der Waals surface area contributed by atoms with Gasteiger partial charge in [-0.1, -0.05) is 36.0 Å². The molecule has 0 bridgehead atoms. The van der Waals surface area contributed by atoms with Crippen molar-refractivity contribution in [1.82, 2.24) is 0 Å². The SMILES string of the molecule is CC(=O)SCC=Cc1cccc(N)c1C. The molecule has 0 heterocycles. The lowest BCUT2D eigenvalue weighted by Gasteiger charge is -2.03. The van der Waals surface area contributed by atoms with Crippen LogP contribution in [0.5, 0.6) is 0 Å². The molecule has 0 aliphatic heterocycles. The Labute approximate surface area is 94.6 Å². The van der Waals surface area contributed by atoms with Gasteiger partial charge in [-0.15, -0.1) is 0 Å². The Morgan fingerprint density at radius 1 is 1.53 bits per heavy atom. The van der Waals surface area contributed by atoms with Gasteiger partial charge in [0.15, 0.2) is 5.12 Å². The molecule has 80 valence electrons. The molecule has 0 spiro atoms. The van der Waals surface area contributed by atoms with E-state index in [1.807, 2.05) is 37.3 Å². The Kier molecular flexibility index (Phi) is 4.43. The Balaban J connectivity index is 2.64. The van der Waals surface area contributed by atoms with E-state index in [0.29, 0.717) is 5.75 Å². The van der Waals surface area contributed by atoms with Crippen LogP contribution < -0.4 is 5.73 Å². The number of benzene rings is 1. The summed E-state index contributed by atoms with van der Waals surface area (Å²) in [5.41, 5.74) is 8.78. The van der Waals surface area contributed by atoms with Crippen molar-refractivity contribution in [2.24, 2.45) is 0 Å². The summed E-state index contributed by atoms with van der Waals surface area (Å²) in [6.07, 6.45) is 3.98. The fourth-order valence-corrected chi connectivity index (χ4v) is 1.62. The smallest absolute Gasteiger partial charge is 0.186 e. The first-order valence-electron chi connectivity index (χ1n) is 4.76. The first-order chi connectivity index (χ1) is 7.11. The molecule has 0 fully saturated rings. The van der Waals surface area contributed by atoms with Gasteiger partial charge < -0.3 is 5.73 Å². The summed E-state index contributed by atoms with van der Waals surface area (Å²) < 4.78 is 0. The lowest BCUT2D eigenvalue weighted by molar-refractivity contribution is -0.109. The van der Waals surface area contributed by atoms with E-state index in [-0.39, 0.29) is 5.12 Å². The van der Waals surface area contributed by atoms with E-state index in [2.05, 4.69) is 0 Å². The topological polar surface area (TPSA) is 43.1 Å². The molecule has 0 amide bonds. The lowest BCUT2D eigenvalue weighted by Crippen LogP contribution is -1.91. The van der Waals surface area contributed by atoms with Crippen LogP contribution in [-0.2, 0) is 4.79 Å². The highest BCUT2D eigenvalue weighted by Gasteiger charge is 1.96. The summed E-state index contributed by atoms with van der Waals surface area (Å²) in [6.45, 7) is 3.57. The first-order valence-corrected chi connectivity index (χ1v) is 5.75. The van der Waals surface area contributed by atoms with Crippen LogP contribution in [0.2, 0.25) is 0 Å². The second-order valence-corrected chi connectivity index (χ2v) is 4.46. The highest BCUT2D eigenvalue weighted by molar-refractivity contribution is 8.13. The number of hydrogen-bond donors (Lipinski definition) is 1. The number of nitrogens with two attached hydrogens (primary N) is 1. The fourth-order valence-electron chi connectivity index (χ4n) is 1.19. The third-order valence-electron chi connectivity index (χ3n) is 2.10. The van der Waals surface area contributed by atoms with Crippen molar-refractivity contribution in [3.63, 3.8) is 0 Å². The quantitative estimate of drug-likeness (QED) is 0.798. The van der Waals surface area contributed by atoms with Crippen molar-refractivity contribution in [2.75, 3.05) is 11.5 Å². The molecule has 0 aromatic heterocycles. The third kappa shape index (κ3) is 3.80. The van der Waals surface area contributed by atoms with Gasteiger partial charge in [-0.2, -0.15) is 0 Å². The second kappa shape index (κ2) is 5.61. The van der Waals surface area contributed by atoms with E-state index in [4.69, 9.17) is 5.73 Å². The van der Waals surface area contributed by atoms with Crippen LogP contribution in [-0.4, -0.2) is 10.9 Å². The maximum atomic E-state index is 10.7. The number of carbonyl (C=O) groups is 1. The maximum Gasteiger partial charge on any atom is 0.186 e. The maximum absolute atomic E-state index is 10.7. The van der Waals surface area contributed by atoms with E-state index >= 15 is 0 Å². The fraction of sp³-hybridized carbons (Fsp3) is 0.250.